The van der Waals surface area contributed by atoms with Gasteiger partial charge in [-0.1, -0.05) is 23.2 Å². The number of nitrogens with one attached hydrogen (secondary N) is 1. The number of hydrogen-bond donors (Lipinski definition) is 2. The average Bonchev–Trinajstić information content (AvgIpc) is 3.09. The molecular formula is C18H12Cl2N2O5S. The van der Waals surface area contributed by atoms with Gasteiger partial charge in [0.25, 0.3) is 11.8 Å². The van der Waals surface area contributed by atoms with Crippen LogP contribution in [0.15, 0.2) is 40.3 Å². The average molecular weight is 439 g/mol. The fraction of sp³-hybridized carbons (Fsp3) is 0.111. The third kappa shape index (κ3) is 4.24. The van der Waals surface area contributed by atoms with Crippen molar-refractivity contribution in [3.05, 3.63) is 51.7 Å². The highest BCUT2D eigenvalue weighted by molar-refractivity contribution is 7.80. The van der Waals surface area contributed by atoms with Gasteiger partial charge < -0.3 is 9.52 Å². The molecular weight excluding hydrogens is 427 g/mol. The van der Waals surface area contributed by atoms with Gasteiger partial charge >= 0.3 is 5.97 Å². The Balaban J connectivity index is 1.87. The monoisotopic (exact) mass is 438 g/mol. The van der Waals surface area contributed by atoms with E-state index < -0.39 is 17.8 Å². The molecule has 0 saturated carbocycles. The van der Waals surface area contributed by atoms with Crippen molar-refractivity contribution in [3.63, 3.8) is 0 Å². The Morgan fingerprint density at radius 2 is 1.96 bits per heavy atom. The van der Waals surface area contributed by atoms with E-state index in [9.17, 15) is 14.4 Å². The number of carboxylic acid groups (broad SMARTS) is 1. The number of hydrogen-bond acceptors (Lipinski definition) is 5. The van der Waals surface area contributed by atoms with E-state index in [-0.39, 0.29) is 29.4 Å². The first kappa shape index (κ1) is 20.1. The van der Waals surface area contributed by atoms with Crippen LogP contribution in [-0.4, -0.2) is 39.4 Å². The molecule has 28 heavy (non-hydrogen) atoms. The lowest BCUT2D eigenvalue weighted by molar-refractivity contribution is -0.137. The molecule has 1 aromatic carbocycles. The summed E-state index contributed by atoms with van der Waals surface area (Å²) < 4.78 is 5.67. The van der Waals surface area contributed by atoms with Crippen LogP contribution in [-0.2, 0) is 14.4 Å². The lowest BCUT2D eigenvalue weighted by atomic mass is 10.1. The Bertz CT molecular complexity index is 1030. The Hall–Kier alpha value is -2.68. The highest BCUT2D eigenvalue weighted by atomic mass is 35.5. The van der Waals surface area contributed by atoms with Gasteiger partial charge in [0.1, 0.15) is 17.1 Å². The lowest BCUT2D eigenvalue weighted by Crippen LogP contribution is -2.54. The van der Waals surface area contributed by atoms with Crippen molar-refractivity contribution in [1.29, 1.82) is 0 Å². The first-order valence-electron chi connectivity index (χ1n) is 7.92. The Morgan fingerprint density at radius 1 is 1.21 bits per heavy atom. The predicted molar refractivity (Wildman–Crippen MR) is 107 cm³/mol. The van der Waals surface area contributed by atoms with Crippen molar-refractivity contribution in [3.8, 4) is 11.3 Å². The third-order valence-corrected chi connectivity index (χ3v) is 4.91. The molecule has 0 spiro atoms. The second kappa shape index (κ2) is 8.14. The van der Waals surface area contributed by atoms with E-state index in [0.29, 0.717) is 21.4 Å². The predicted octanol–water partition coefficient (Wildman–Crippen LogP) is 3.35. The molecule has 2 heterocycles. The Kier molecular flexibility index (Phi) is 5.83. The normalized spacial score (nSPS) is 15.9. The van der Waals surface area contributed by atoms with E-state index in [2.05, 4.69) is 5.32 Å². The van der Waals surface area contributed by atoms with E-state index in [1.807, 2.05) is 0 Å². The minimum atomic E-state index is -1.09. The van der Waals surface area contributed by atoms with E-state index in [1.165, 1.54) is 6.08 Å². The first-order chi connectivity index (χ1) is 13.3. The molecule has 0 atom stereocenters. The summed E-state index contributed by atoms with van der Waals surface area (Å²) in [6.45, 7) is -0.155. The molecule has 1 saturated heterocycles. The zero-order chi connectivity index (χ0) is 20.4. The number of amides is 2. The number of aliphatic carboxylic acids is 1. The van der Waals surface area contributed by atoms with Crippen molar-refractivity contribution < 1.29 is 23.9 Å². The molecule has 1 aromatic heterocycles. The molecule has 10 heteroatoms. The fourth-order valence-corrected chi connectivity index (χ4v) is 3.05. The zero-order valence-electron chi connectivity index (χ0n) is 14.1. The van der Waals surface area contributed by atoms with Gasteiger partial charge in [-0.3, -0.25) is 24.6 Å². The number of carboxylic acids is 1. The number of nitrogens with zero attached hydrogens (tertiary/aromatic N) is 1. The Labute approximate surface area is 174 Å². The standard InChI is InChI=1S/C18H12Cl2N2O5S/c19-12-3-1-9(7-13(12)20)14-4-2-10(27-14)8-11-16(25)21-18(28)22(17(11)26)6-5-15(23)24/h1-4,7-8H,5-6H2,(H,23,24)(H,21,25,28). The molecule has 0 unspecified atom stereocenters. The quantitative estimate of drug-likeness (QED) is 0.421. The van der Waals surface area contributed by atoms with Crippen LogP contribution in [0.2, 0.25) is 10.0 Å². The van der Waals surface area contributed by atoms with Crippen molar-refractivity contribution in [2.75, 3.05) is 6.54 Å². The second-order valence-corrected chi connectivity index (χ2v) is 6.95. The van der Waals surface area contributed by atoms with Crippen molar-refractivity contribution in [2.24, 2.45) is 0 Å². The van der Waals surface area contributed by atoms with Crippen LogP contribution in [0, 0.1) is 0 Å². The maximum atomic E-state index is 12.6. The molecule has 3 rings (SSSR count). The number of rotatable bonds is 5. The molecule has 0 radical (unpaired) electrons. The number of halogens is 2. The largest absolute Gasteiger partial charge is 0.481 e. The molecule has 7 nitrogen and oxygen atoms in total. The molecule has 1 aliphatic rings. The van der Waals surface area contributed by atoms with Crippen LogP contribution in [0.4, 0.5) is 0 Å². The number of carbonyl (C=O) groups excluding carboxylic acids is 2. The SMILES string of the molecule is O=C(O)CCN1C(=O)C(=Cc2ccc(-c3ccc(Cl)c(Cl)c3)o2)C(=O)NC1=S. The van der Waals surface area contributed by atoms with Crippen molar-refractivity contribution in [1.82, 2.24) is 10.2 Å². The molecule has 2 amide bonds. The van der Waals surface area contributed by atoms with Crippen LogP contribution >= 0.6 is 35.4 Å². The van der Waals surface area contributed by atoms with Gasteiger partial charge in [0.05, 0.1) is 16.5 Å². The number of thiocarbonyl (C=S) groups is 1. The van der Waals surface area contributed by atoms with E-state index in [4.69, 9.17) is 44.9 Å². The van der Waals surface area contributed by atoms with Gasteiger partial charge in [0, 0.05) is 12.1 Å². The smallest absolute Gasteiger partial charge is 0.305 e. The number of carbonyl (C=O) groups is 3. The molecule has 0 aliphatic carbocycles. The lowest BCUT2D eigenvalue weighted by Gasteiger charge is -2.28. The number of furan rings is 1. The third-order valence-electron chi connectivity index (χ3n) is 3.85. The van der Waals surface area contributed by atoms with Crippen LogP contribution < -0.4 is 5.32 Å². The molecule has 2 N–H and O–H groups in total. The maximum absolute atomic E-state index is 12.6. The van der Waals surface area contributed by atoms with Crippen LogP contribution in [0.1, 0.15) is 12.2 Å². The number of benzene rings is 1. The summed E-state index contributed by atoms with van der Waals surface area (Å²) in [6, 6.07) is 8.21. The summed E-state index contributed by atoms with van der Waals surface area (Å²) >= 11 is 16.9. The summed E-state index contributed by atoms with van der Waals surface area (Å²) in [5, 5.41) is 11.8. The first-order valence-corrected chi connectivity index (χ1v) is 9.08. The fourth-order valence-electron chi connectivity index (χ4n) is 2.48. The molecule has 2 aromatic rings. The highest BCUT2D eigenvalue weighted by Gasteiger charge is 2.33. The molecule has 0 bridgehead atoms. The summed E-state index contributed by atoms with van der Waals surface area (Å²) in [4.78, 5) is 36.5. The minimum absolute atomic E-state index is 0.135. The van der Waals surface area contributed by atoms with E-state index in [0.717, 1.165) is 4.90 Å². The van der Waals surface area contributed by atoms with Gasteiger partial charge in [-0.2, -0.15) is 0 Å². The van der Waals surface area contributed by atoms with E-state index in [1.54, 1.807) is 30.3 Å². The molecule has 1 fully saturated rings. The minimum Gasteiger partial charge on any atom is -0.481 e. The van der Waals surface area contributed by atoms with Crippen molar-refractivity contribution in [2.45, 2.75) is 6.42 Å². The summed E-state index contributed by atoms with van der Waals surface area (Å²) in [7, 11) is 0. The van der Waals surface area contributed by atoms with Gasteiger partial charge in [-0.05, 0) is 48.6 Å². The van der Waals surface area contributed by atoms with E-state index >= 15 is 0 Å². The highest BCUT2D eigenvalue weighted by Crippen LogP contribution is 2.30. The van der Waals surface area contributed by atoms with Gasteiger partial charge in [0.15, 0.2) is 5.11 Å². The summed E-state index contributed by atoms with van der Waals surface area (Å²) in [5.41, 5.74) is 0.455. The second-order valence-electron chi connectivity index (χ2n) is 5.75. The maximum Gasteiger partial charge on any atom is 0.305 e. The van der Waals surface area contributed by atoms with Crippen molar-refractivity contribution >= 4 is 64.4 Å². The van der Waals surface area contributed by atoms with Gasteiger partial charge in [-0.25, -0.2) is 0 Å². The van der Waals surface area contributed by atoms with Crippen LogP contribution in [0.3, 0.4) is 0 Å². The summed E-state index contributed by atoms with van der Waals surface area (Å²) in [6.07, 6.45) is 0.964. The zero-order valence-corrected chi connectivity index (χ0v) is 16.4. The topological polar surface area (TPSA) is 99.8 Å². The van der Waals surface area contributed by atoms with Crippen LogP contribution in [0.25, 0.3) is 17.4 Å². The Morgan fingerprint density at radius 3 is 2.64 bits per heavy atom. The van der Waals surface area contributed by atoms with Crippen LogP contribution in [0.5, 0.6) is 0 Å². The van der Waals surface area contributed by atoms with Gasteiger partial charge in [-0.15, -0.1) is 0 Å². The molecule has 144 valence electrons. The van der Waals surface area contributed by atoms with Gasteiger partial charge in [0.2, 0.25) is 0 Å². The summed E-state index contributed by atoms with van der Waals surface area (Å²) in [5.74, 6) is -1.75. The molecule has 1 aliphatic heterocycles.